The number of rotatable bonds is 5. The molecule has 0 aliphatic heterocycles. The van der Waals surface area contributed by atoms with Gasteiger partial charge >= 0.3 is 5.97 Å². The Morgan fingerprint density at radius 1 is 1.28 bits per heavy atom. The first-order valence-electron chi connectivity index (χ1n) is 7.61. The van der Waals surface area contributed by atoms with E-state index >= 15 is 0 Å². The number of hydrogen-bond acceptors (Lipinski definition) is 2. The van der Waals surface area contributed by atoms with Gasteiger partial charge in [0.25, 0.3) is 0 Å². The highest BCUT2D eigenvalue weighted by molar-refractivity contribution is 5.69. The van der Waals surface area contributed by atoms with E-state index in [0.29, 0.717) is 11.8 Å². The number of unbranched alkanes of at least 4 members (excludes halogenated alkanes) is 2. The van der Waals surface area contributed by atoms with Gasteiger partial charge in [-0.15, -0.1) is 0 Å². The van der Waals surface area contributed by atoms with Crippen LogP contribution in [0.1, 0.15) is 72.6 Å². The highest BCUT2D eigenvalue weighted by atomic mass is 16.5. The van der Waals surface area contributed by atoms with Crippen molar-refractivity contribution in [3.63, 3.8) is 0 Å². The van der Waals surface area contributed by atoms with Gasteiger partial charge in [0.2, 0.25) is 0 Å². The predicted octanol–water partition coefficient (Wildman–Crippen LogP) is 4.32. The minimum absolute atomic E-state index is 0.0259. The van der Waals surface area contributed by atoms with E-state index < -0.39 is 0 Å². The summed E-state index contributed by atoms with van der Waals surface area (Å²) in [7, 11) is 0. The summed E-state index contributed by atoms with van der Waals surface area (Å²) in [6, 6.07) is 0. The number of carbonyl (C=O) groups excluding carboxylic acids is 1. The Labute approximate surface area is 111 Å². The van der Waals surface area contributed by atoms with Crippen molar-refractivity contribution in [1.82, 2.24) is 0 Å². The summed E-state index contributed by atoms with van der Waals surface area (Å²) in [6.07, 6.45) is 7.65. The molecule has 2 saturated carbocycles. The average molecular weight is 252 g/mol. The summed E-state index contributed by atoms with van der Waals surface area (Å²) < 4.78 is 5.79. The standard InChI is InChI=1S/C16H28O2/c1-5-6-7-8-14(17)18-13-11-12-9-10-16(13,4)15(12,2)3/h12-13H,5-11H2,1-4H3/t12-,13+,16+/m1/s1. The normalized spacial score (nSPS) is 36.9. The summed E-state index contributed by atoms with van der Waals surface area (Å²) in [5, 5.41) is 0. The molecule has 0 heterocycles. The molecule has 104 valence electrons. The minimum atomic E-state index is 0.0259. The Kier molecular flexibility index (Phi) is 3.75. The number of ether oxygens (including phenoxy) is 1. The first-order chi connectivity index (χ1) is 8.41. The zero-order valence-electron chi connectivity index (χ0n) is 12.4. The zero-order chi connectivity index (χ0) is 13.4. The number of fused-ring (bicyclic) bond motifs is 2. The molecular formula is C16H28O2. The van der Waals surface area contributed by atoms with Crippen LogP contribution in [0.2, 0.25) is 0 Å². The van der Waals surface area contributed by atoms with Crippen LogP contribution in [-0.4, -0.2) is 12.1 Å². The van der Waals surface area contributed by atoms with Gasteiger partial charge in [0, 0.05) is 11.8 Å². The highest BCUT2D eigenvalue weighted by Crippen LogP contribution is 2.66. The van der Waals surface area contributed by atoms with Crippen LogP contribution in [0.5, 0.6) is 0 Å². The lowest BCUT2D eigenvalue weighted by atomic mass is 9.70. The molecule has 0 spiro atoms. The van der Waals surface area contributed by atoms with Gasteiger partial charge in [0.1, 0.15) is 6.10 Å². The maximum atomic E-state index is 11.9. The maximum absolute atomic E-state index is 11.9. The summed E-state index contributed by atoms with van der Waals surface area (Å²) in [6.45, 7) is 9.19. The first kappa shape index (κ1) is 13.9. The fourth-order valence-corrected chi connectivity index (χ4v) is 4.05. The van der Waals surface area contributed by atoms with Crippen molar-refractivity contribution in [3.05, 3.63) is 0 Å². The molecule has 2 aliphatic carbocycles. The highest BCUT2D eigenvalue weighted by Gasteiger charge is 2.62. The third kappa shape index (κ3) is 2.08. The van der Waals surface area contributed by atoms with Crippen LogP contribution in [0.3, 0.4) is 0 Å². The number of hydrogen-bond donors (Lipinski definition) is 0. The minimum Gasteiger partial charge on any atom is -0.462 e. The fraction of sp³-hybridized carbons (Fsp3) is 0.938. The lowest BCUT2D eigenvalue weighted by molar-refractivity contribution is -0.157. The maximum Gasteiger partial charge on any atom is 0.306 e. The van der Waals surface area contributed by atoms with Crippen LogP contribution in [0.15, 0.2) is 0 Å². The van der Waals surface area contributed by atoms with Crippen LogP contribution in [0.4, 0.5) is 0 Å². The van der Waals surface area contributed by atoms with Crippen molar-refractivity contribution >= 4 is 5.97 Å². The van der Waals surface area contributed by atoms with Crippen LogP contribution in [-0.2, 0) is 9.53 Å². The second kappa shape index (κ2) is 4.86. The van der Waals surface area contributed by atoms with Crippen LogP contribution in [0.25, 0.3) is 0 Å². The van der Waals surface area contributed by atoms with E-state index in [4.69, 9.17) is 4.74 Å². The molecule has 2 nitrogen and oxygen atoms in total. The molecule has 0 aromatic carbocycles. The van der Waals surface area contributed by atoms with Crippen molar-refractivity contribution in [2.24, 2.45) is 16.7 Å². The summed E-state index contributed by atoms with van der Waals surface area (Å²) in [5.41, 5.74) is 0.541. The van der Waals surface area contributed by atoms with E-state index in [0.717, 1.165) is 31.6 Å². The molecule has 2 rings (SSSR count). The summed E-state index contributed by atoms with van der Waals surface area (Å²) >= 11 is 0. The van der Waals surface area contributed by atoms with Crippen molar-refractivity contribution in [2.75, 3.05) is 0 Å². The average Bonchev–Trinajstić information content (AvgIpc) is 2.62. The molecule has 0 saturated heterocycles. The van der Waals surface area contributed by atoms with Crippen LogP contribution in [0, 0.1) is 16.7 Å². The first-order valence-corrected chi connectivity index (χ1v) is 7.61. The number of carbonyl (C=O) groups is 1. The Morgan fingerprint density at radius 2 is 2.00 bits per heavy atom. The van der Waals surface area contributed by atoms with E-state index in [1.54, 1.807) is 0 Å². The summed E-state index contributed by atoms with van der Waals surface area (Å²) in [5.74, 6) is 0.772. The lowest BCUT2D eigenvalue weighted by Crippen LogP contribution is -2.38. The van der Waals surface area contributed by atoms with Gasteiger partial charge in [0.05, 0.1) is 0 Å². The Bertz CT molecular complexity index is 321. The smallest absolute Gasteiger partial charge is 0.306 e. The topological polar surface area (TPSA) is 26.3 Å². The Hall–Kier alpha value is -0.530. The van der Waals surface area contributed by atoms with E-state index in [2.05, 4.69) is 27.7 Å². The molecular weight excluding hydrogens is 224 g/mol. The molecule has 0 amide bonds. The zero-order valence-corrected chi connectivity index (χ0v) is 12.4. The van der Waals surface area contributed by atoms with Gasteiger partial charge in [-0.3, -0.25) is 4.79 Å². The molecule has 3 atom stereocenters. The summed E-state index contributed by atoms with van der Waals surface area (Å²) in [4.78, 5) is 11.9. The molecule has 2 bridgehead atoms. The molecule has 0 N–H and O–H groups in total. The predicted molar refractivity (Wildman–Crippen MR) is 73.3 cm³/mol. The lowest BCUT2D eigenvalue weighted by Gasteiger charge is -2.38. The quantitative estimate of drug-likeness (QED) is 0.538. The molecule has 0 radical (unpaired) electrons. The van der Waals surface area contributed by atoms with E-state index in [1.807, 2.05) is 0 Å². The third-order valence-electron chi connectivity index (χ3n) is 5.97. The van der Waals surface area contributed by atoms with Crippen LogP contribution < -0.4 is 0 Å². The van der Waals surface area contributed by atoms with Gasteiger partial charge in [-0.25, -0.2) is 0 Å². The second-order valence-electron chi connectivity index (χ2n) is 7.05. The fourth-order valence-electron chi connectivity index (χ4n) is 4.05. The molecule has 18 heavy (non-hydrogen) atoms. The van der Waals surface area contributed by atoms with Crippen molar-refractivity contribution in [2.45, 2.75) is 78.7 Å². The molecule has 0 aromatic rings. The Balaban J connectivity index is 1.90. The second-order valence-corrected chi connectivity index (χ2v) is 7.05. The van der Waals surface area contributed by atoms with Crippen molar-refractivity contribution in [1.29, 1.82) is 0 Å². The van der Waals surface area contributed by atoms with Crippen LogP contribution >= 0.6 is 0 Å². The monoisotopic (exact) mass is 252 g/mol. The SMILES string of the molecule is CCCCCC(=O)O[C@H]1C[C@H]2CC[C@]1(C)C2(C)C. The largest absolute Gasteiger partial charge is 0.462 e. The number of esters is 1. The van der Waals surface area contributed by atoms with E-state index in [9.17, 15) is 4.79 Å². The van der Waals surface area contributed by atoms with Crippen molar-refractivity contribution < 1.29 is 9.53 Å². The molecule has 2 aliphatic rings. The molecule has 0 aromatic heterocycles. The van der Waals surface area contributed by atoms with Crippen molar-refractivity contribution in [3.8, 4) is 0 Å². The molecule has 0 unspecified atom stereocenters. The van der Waals surface area contributed by atoms with Gasteiger partial charge in [-0.1, -0.05) is 40.5 Å². The molecule has 2 heteroatoms. The Morgan fingerprint density at radius 3 is 2.50 bits per heavy atom. The van der Waals surface area contributed by atoms with Gasteiger partial charge in [-0.2, -0.15) is 0 Å². The van der Waals surface area contributed by atoms with E-state index in [-0.39, 0.29) is 17.5 Å². The van der Waals surface area contributed by atoms with Gasteiger partial charge in [-0.05, 0) is 37.0 Å². The van der Waals surface area contributed by atoms with Gasteiger partial charge < -0.3 is 4.74 Å². The van der Waals surface area contributed by atoms with E-state index in [1.165, 1.54) is 12.8 Å². The molecule has 2 fully saturated rings. The third-order valence-corrected chi connectivity index (χ3v) is 5.97. The van der Waals surface area contributed by atoms with Gasteiger partial charge in [0.15, 0.2) is 0 Å².